The van der Waals surface area contributed by atoms with Gasteiger partial charge in [-0.05, 0) is 20.3 Å². The molecule has 0 amide bonds. The molecule has 116 valence electrons. The summed E-state index contributed by atoms with van der Waals surface area (Å²) in [6.45, 7) is 6.61. The zero-order valence-electron chi connectivity index (χ0n) is 13.1. The molecule has 1 rings (SSSR count). The van der Waals surface area contributed by atoms with Crippen molar-refractivity contribution in [2.75, 3.05) is 6.61 Å². The Bertz CT molecular complexity index is 353. The van der Waals surface area contributed by atoms with E-state index < -0.39 is 0 Å². The highest BCUT2D eigenvalue weighted by molar-refractivity contribution is 4.93. The first-order chi connectivity index (χ1) is 9.63. The van der Waals surface area contributed by atoms with Crippen molar-refractivity contribution >= 4 is 0 Å². The Morgan fingerprint density at radius 2 is 1.85 bits per heavy atom. The van der Waals surface area contributed by atoms with Gasteiger partial charge in [0.25, 0.3) is 0 Å². The van der Waals surface area contributed by atoms with Gasteiger partial charge in [-0.1, -0.05) is 44.2 Å². The normalized spacial score (nSPS) is 13.1. The fraction of sp³-hybridized carbons (Fsp3) is 0.867. The van der Waals surface area contributed by atoms with E-state index in [-0.39, 0.29) is 12.1 Å². The second-order valence-electron chi connectivity index (χ2n) is 5.55. The van der Waals surface area contributed by atoms with Crippen molar-refractivity contribution < 1.29 is 9.26 Å². The lowest BCUT2D eigenvalue weighted by molar-refractivity contribution is 0.0665. The van der Waals surface area contributed by atoms with Crippen molar-refractivity contribution in [1.82, 2.24) is 10.1 Å². The molecule has 0 aliphatic rings. The molecule has 2 N–H and O–H groups in total. The number of nitrogens with zero attached hydrogens (tertiary/aromatic N) is 2. The Balaban J connectivity index is 2.21. The lowest BCUT2D eigenvalue weighted by Crippen LogP contribution is -2.20. The van der Waals surface area contributed by atoms with E-state index in [4.69, 9.17) is 15.0 Å². The van der Waals surface area contributed by atoms with Crippen LogP contribution >= 0.6 is 0 Å². The maximum Gasteiger partial charge on any atom is 0.226 e. The van der Waals surface area contributed by atoms with Crippen LogP contribution in [0.3, 0.4) is 0 Å². The molecule has 1 atom stereocenters. The topological polar surface area (TPSA) is 74.2 Å². The van der Waals surface area contributed by atoms with Crippen LogP contribution in [0.4, 0.5) is 0 Å². The van der Waals surface area contributed by atoms with Crippen LogP contribution in [-0.4, -0.2) is 22.9 Å². The third-order valence-electron chi connectivity index (χ3n) is 3.17. The summed E-state index contributed by atoms with van der Waals surface area (Å²) in [5, 5.41) is 3.93. The summed E-state index contributed by atoms with van der Waals surface area (Å²) in [6, 6.07) is -0.306. The molecule has 5 heteroatoms. The van der Waals surface area contributed by atoms with E-state index >= 15 is 0 Å². The third kappa shape index (κ3) is 7.01. The molecule has 0 aromatic carbocycles. The van der Waals surface area contributed by atoms with E-state index in [1.54, 1.807) is 0 Å². The molecule has 0 aliphatic carbocycles. The minimum atomic E-state index is -0.306. The zero-order chi connectivity index (χ0) is 14.8. The van der Waals surface area contributed by atoms with Crippen LogP contribution in [0.25, 0.3) is 0 Å². The van der Waals surface area contributed by atoms with E-state index in [1.807, 2.05) is 13.8 Å². The second-order valence-corrected chi connectivity index (χ2v) is 5.55. The van der Waals surface area contributed by atoms with Crippen LogP contribution < -0.4 is 5.73 Å². The first-order valence-electron chi connectivity index (χ1n) is 7.83. The number of aryl methyl sites for hydroxylation is 1. The van der Waals surface area contributed by atoms with Gasteiger partial charge in [-0.3, -0.25) is 0 Å². The Morgan fingerprint density at radius 1 is 1.15 bits per heavy atom. The van der Waals surface area contributed by atoms with Crippen molar-refractivity contribution in [3.8, 4) is 0 Å². The molecule has 1 unspecified atom stereocenters. The monoisotopic (exact) mass is 283 g/mol. The smallest absolute Gasteiger partial charge is 0.226 e. The first kappa shape index (κ1) is 17.1. The summed E-state index contributed by atoms with van der Waals surface area (Å²) in [6.07, 6.45) is 8.55. The van der Waals surface area contributed by atoms with Crippen molar-refractivity contribution in [2.45, 2.75) is 77.9 Å². The summed E-state index contributed by atoms with van der Waals surface area (Å²) >= 11 is 0. The van der Waals surface area contributed by atoms with E-state index in [1.165, 1.54) is 32.1 Å². The summed E-state index contributed by atoms with van der Waals surface area (Å²) in [5.41, 5.74) is 5.96. The molecule has 0 saturated heterocycles. The van der Waals surface area contributed by atoms with E-state index in [0.717, 1.165) is 12.8 Å². The van der Waals surface area contributed by atoms with Crippen LogP contribution in [0, 0.1) is 0 Å². The Hall–Kier alpha value is -0.940. The molecule has 0 spiro atoms. The van der Waals surface area contributed by atoms with Gasteiger partial charge in [-0.2, -0.15) is 4.98 Å². The zero-order valence-corrected chi connectivity index (χ0v) is 13.1. The maximum absolute atomic E-state index is 5.96. The molecular formula is C15H29N3O2. The highest BCUT2D eigenvalue weighted by Gasteiger charge is 2.14. The second kappa shape index (κ2) is 9.88. The van der Waals surface area contributed by atoms with Gasteiger partial charge in [-0.25, -0.2) is 0 Å². The molecule has 0 bridgehead atoms. The van der Waals surface area contributed by atoms with Gasteiger partial charge in [0.05, 0.1) is 18.8 Å². The third-order valence-corrected chi connectivity index (χ3v) is 3.17. The van der Waals surface area contributed by atoms with Crippen molar-refractivity contribution in [1.29, 1.82) is 0 Å². The summed E-state index contributed by atoms with van der Waals surface area (Å²) in [7, 11) is 0. The van der Waals surface area contributed by atoms with Crippen molar-refractivity contribution in [2.24, 2.45) is 5.73 Å². The minimum Gasteiger partial charge on any atom is -0.377 e. The average Bonchev–Trinajstić information content (AvgIpc) is 2.89. The van der Waals surface area contributed by atoms with Crippen LogP contribution in [0.15, 0.2) is 4.52 Å². The highest BCUT2D eigenvalue weighted by atomic mass is 16.5. The first-order valence-corrected chi connectivity index (χ1v) is 7.83. The van der Waals surface area contributed by atoms with Gasteiger partial charge in [-0.15, -0.1) is 0 Å². The molecule has 1 aromatic heterocycles. The van der Waals surface area contributed by atoms with Gasteiger partial charge in [0, 0.05) is 6.42 Å². The molecule has 5 nitrogen and oxygen atoms in total. The lowest BCUT2D eigenvalue weighted by Gasteiger charge is -2.10. The molecular weight excluding hydrogens is 254 g/mol. The van der Waals surface area contributed by atoms with E-state index in [2.05, 4.69) is 17.1 Å². The van der Waals surface area contributed by atoms with Crippen LogP contribution in [0.2, 0.25) is 0 Å². The van der Waals surface area contributed by atoms with Gasteiger partial charge < -0.3 is 15.0 Å². The van der Waals surface area contributed by atoms with Gasteiger partial charge in [0.15, 0.2) is 5.82 Å². The minimum absolute atomic E-state index is 0.163. The molecule has 0 saturated carbocycles. The fourth-order valence-electron chi connectivity index (χ4n) is 1.95. The fourth-order valence-corrected chi connectivity index (χ4v) is 1.95. The van der Waals surface area contributed by atoms with Crippen LogP contribution in [-0.2, 0) is 11.2 Å². The van der Waals surface area contributed by atoms with Gasteiger partial charge >= 0.3 is 0 Å². The number of hydrogen-bond acceptors (Lipinski definition) is 5. The molecule has 0 fully saturated rings. The Morgan fingerprint density at radius 3 is 2.55 bits per heavy atom. The SMILES string of the molecule is CCCCCCCCc1nc(C(N)COC(C)C)no1. The van der Waals surface area contributed by atoms with E-state index in [0.29, 0.717) is 18.3 Å². The molecule has 1 aromatic rings. The average molecular weight is 283 g/mol. The van der Waals surface area contributed by atoms with Crippen LogP contribution in [0.5, 0.6) is 0 Å². The Labute approximate surface area is 122 Å². The number of aromatic nitrogens is 2. The van der Waals surface area contributed by atoms with Crippen molar-refractivity contribution in [3.05, 3.63) is 11.7 Å². The number of unbranched alkanes of at least 4 members (excludes halogenated alkanes) is 5. The summed E-state index contributed by atoms with van der Waals surface area (Å²) < 4.78 is 10.7. The van der Waals surface area contributed by atoms with E-state index in [9.17, 15) is 0 Å². The number of hydrogen-bond donors (Lipinski definition) is 1. The van der Waals surface area contributed by atoms with Gasteiger partial charge in [0.2, 0.25) is 5.89 Å². The Kier molecular flexibility index (Phi) is 8.46. The standard InChI is InChI=1S/C15H29N3O2/c1-4-5-6-7-8-9-10-14-17-15(18-20-14)13(16)11-19-12(2)3/h12-13H,4-11,16H2,1-3H3. The number of ether oxygens (including phenoxy) is 1. The quantitative estimate of drug-likeness (QED) is 0.630. The summed E-state index contributed by atoms with van der Waals surface area (Å²) in [4.78, 5) is 4.34. The molecule has 0 radical (unpaired) electrons. The van der Waals surface area contributed by atoms with Crippen LogP contribution in [0.1, 0.15) is 77.1 Å². The van der Waals surface area contributed by atoms with Gasteiger partial charge in [0.1, 0.15) is 0 Å². The van der Waals surface area contributed by atoms with Crippen molar-refractivity contribution in [3.63, 3.8) is 0 Å². The predicted molar refractivity (Wildman–Crippen MR) is 79.4 cm³/mol. The summed E-state index contributed by atoms with van der Waals surface area (Å²) in [5.74, 6) is 1.24. The number of rotatable bonds is 11. The molecule has 20 heavy (non-hydrogen) atoms. The largest absolute Gasteiger partial charge is 0.377 e. The molecule has 1 heterocycles. The maximum atomic E-state index is 5.96. The lowest BCUT2D eigenvalue weighted by atomic mass is 10.1. The number of nitrogens with two attached hydrogens (primary N) is 1. The predicted octanol–water partition coefficient (Wildman–Crippen LogP) is 3.40. The highest BCUT2D eigenvalue weighted by Crippen LogP contribution is 2.11. The molecule has 0 aliphatic heterocycles.